The van der Waals surface area contributed by atoms with Crippen LogP contribution < -0.4 is 16.8 Å². The van der Waals surface area contributed by atoms with Crippen molar-refractivity contribution in [1.29, 1.82) is 0 Å². The van der Waals surface area contributed by atoms with E-state index in [1.807, 2.05) is 0 Å². The number of carboxylic acid groups (broad SMARTS) is 1. The standard InChI is InChI=1S/C12H20N4O7/c1-4(18)15-8-5(16-12(13)14)2-7(11(21)22)23-10(8)9(20)6(19)3-17/h2,5-6,8-10,17,19-20H,3H2,1H3,(H,15,18)(H,21,22)(H4,13,14,16)/t5-,6+,8-,9-,10+/m1/s1. The molecule has 5 atom stereocenters. The van der Waals surface area contributed by atoms with Crippen molar-refractivity contribution >= 4 is 17.8 Å². The highest BCUT2D eigenvalue weighted by molar-refractivity contribution is 5.85. The Bertz CT molecular complexity index is 518. The zero-order valence-electron chi connectivity index (χ0n) is 12.3. The SMILES string of the molecule is CC(=O)N[C@H]1[C@@H]([C@H](O)[C@@H](O)CO)OC(C(=O)O)=C[C@H]1N=C(N)N. The number of aliphatic carboxylic acids is 1. The summed E-state index contributed by atoms with van der Waals surface area (Å²) in [6.45, 7) is 0.391. The van der Waals surface area contributed by atoms with E-state index in [0.717, 1.165) is 6.08 Å². The summed E-state index contributed by atoms with van der Waals surface area (Å²) in [7, 11) is 0. The molecule has 1 aliphatic heterocycles. The number of nitrogens with zero attached hydrogens (tertiary/aromatic N) is 1. The summed E-state index contributed by atoms with van der Waals surface area (Å²) in [5.74, 6) is -2.89. The average Bonchev–Trinajstić information content (AvgIpc) is 2.45. The fourth-order valence-electron chi connectivity index (χ4n) is 2.14. The van der Waals surface area contributed by atoms with E-state index in [2.05, 4.69) is 10.3 Å². The number of amides is 1. The molecule has 0 saturated heterocycles. The van der Waals surface area contributed by atoms with Crippen molar-refractivity contribution in [2.75, 3.05) is 6.61 Å². The van der Waals surface area contributed by atoms with Gasteiger partial charge in [-0.25, -0.2) is 9.79 Å². The zero-order chi connectivity index (χ0) is 17.7. The Kier molecular flexibility index (Phi) is 6.30. The van der Waals surface area contributed by atoms with Crippen LogP contribution in [0.1, 0.15) is 6.92 Å². The maximum atomic E-state index is 11.4. The monoisotopic (exact) mass is 332 g/mol. The third-order valence-electron chi connectivity index (χ3n) is 3.10. The van der Waals surface area contributed by atoms with E-state index in [-0.39, 0.29) is 5.96 Å². The van der Waals surface area contributed by atoms with Crippen molar-refractivity contribution in [2.24, 2.45) is 16.5 Å². The summed E-state index contributed by atoms with van der Waals surface area (Å²) in [4.78, 5) is 26.3. The molecule has 0 fully saturated rings. The topological polar surface area (TPSA) is 201 Å². The van der Waals surface area contributed by atoms with E-state index in [4.69, 9.17) is 26.4 Å². The van der Waals surface area contributed by atoms with E-state index in [0.29, 0.717) is 0 Å². The first-order chi connectivity index (χ1) is 10.7. The Hall–Kier alpha value is -2.37. The minimum Gasteiger partial charge on any atom is -0.478 e. The summed E-state index contributed by atoms with van der Waals surface area (Å²) < 4.78 is 5.13. The highest BCUT2D eigenvalue weighted by Gasteiger charge is 2.43. The fraction of sp³-hybridized carbons (Fsp3) is 0.583. The van der Waals surface area contributed by atoms with Crippen LogP contribution in [0.15, 0.2) is 16.8 Å². The molecule has 9 N–H and O–H groups in total. The molecule has 0 bridgehead atoms. The van der Waals surface area contributed by atoms with E-state index >= 15 is 0 Å². The molecule has 23 heavy (non-hydrogen) atoms. The minimum atomic E-state index is -1.70. The average molecular weight is 332 g/mol. The number of hydrogen-bond acceptors (Lipinski definition) is 7. The predicted molar refractivity (Wildman–Crippen MR) is 76.9 cm³/mol. The molecule has 0 saturated carbocycles. The number of guanidine groups is 1. The number of aliphatic hydroxyl groups is 3. The van der Waals surface area contributed by atoms with Crippen molar-refractivity contribution in [3.05, 3.63) is 11.8 Å². The highest BCUT2D eigenvalue weighted by atomic mass is 16.5. The van der Waals surface area contributed by atoms with Gasteiger partial charge in [-0.3, -0.25) is 4.79 Å². The summed E-state index contributed by atoms with van der Waals surface area (Å²) in [6.07, 6.45) is -3.65. The van der Waals surface area contributed by atoms with Gasteiger partial charge in [0.2, 0.25) is 11.7 Å². The van der Waals surface area contributed by atoms with E-state index < -0.39 is 54.6 Å². The molecular weight excluding hydrogens is 312 g/mol. The number of carbonyl (C=O) groups is 2. The first kappa shape index (κ1) is 18.7. The lowest BCUT2D eigenvalue weighted by Gasteiger charge is -2.38. The van der Waals surface area contributed by atoms with Crippen molar-refractivity contribution in [2.45, 2.75) is 37.3 Å². The van der Waals surface area contributed by atoms with Crippen LogP contribution in [0.25, 0.3) is 0 Å². The van der Waals surface area contributed by atoms with Gasteiger partial charge >= 0.3 is 5.97 Å². The predicted octanol–water partition coefficient (Wildman–Crippen LogP) is -3.79. The van der Waals surface area contributed by atoms with Crippen molar-refractivity contribution in [1.82, 2.24) is 5.32 Å². The van der Waals surface area contributed by atoms with Gasteiger partial charge in [-0.15, -0.1) is 0 Å². The lowest BCUT2D eigenvalue weighted by Crippen LogP contribution is -2.59. The van der Waals surface area contributed by atoms with E-state index in [1.165, 1.54) is 6.92 Å². The number of hydrogen-bond donors (Lipinski definition) is 7. The van der Waals surface area contributed by atoms with Crippen LogP contribution in [0, 0.1) is 0 Å². The minimum absolute atomic E-state index is 0.371. The molecule has 0 radical (unpaired) electrons. The van der Waals surface area contributed by atoms with Gasteiger partial charge in [-0.05, 0) is 6.08 Å². The quantitative estimate of drug-likeness (QED) is 0.188. The van der Waals surface area contributed by atoms with Gasteiger partial charge in [0, 0.05) is 6.92 Å². The molecule has 11 heteroatoms. The molecule has 0 aromatic heterocycles. The molecule has 1 heterocycles. The van der Waals surface area contributed by atoms with Gasteiger partial charge in [0.25, 0.3) is 0 Å². The van der Waals surface area contributed by atoms with Crippen LogP contribution in [0.4, 0.5) is 0 Å². The molecule has 1 aliphatic rings. The molecule has 1 amide bonds. The van der Waals surface area contributed by atoms with Crippen LogP contribution in [0.3, 0.4) is 0 Å². The van der Waals surface area contributed by atoms with Crippen molar-refractivity contribution in [3.63, 3.8) is 0 Å². The number of rotatable bonds is 6. The number of aliphatic imine (C=N–C) groups is 1. The third-order valence-corrected chi connectivity index (χ3v) is 3.10. The fourth-order valence-corrected chi connectivity index (χ4v) is 2.14. The summed E-state index contributed by atoms with van der Waals surface area (Å²) in [5, 5.41) is 40.1. The molecular formula is C12H20N4O7. The van der Waals surface area contributed by atoms with Crippen LogP contribution in [-0.2, 0) is 14.3 Å². The van der Waals surface area contributed by atoms with Gasteiger partial charge in [-0.1, -0.05) is 0 Å². The Morgan fingerprint density at radius 1 is 1.43 bits per heavy atom. The van der Waals surface area contributed by atoms with Crippen LogP contribution >= 0.6 is 0 Å². The van der Waals surface area contributed by atoms with Crippen molar-refractivity contribution < 1.29 is 34.8 Å². The second kappa shape index (κ2) is 7.76. The number of carbonyl (C=O) groups excluding carboxylic acids is 1. The largest absolute Gasteiger partial charge is 0.478 e. The Labute approximate surface area is 131 Å². The lowest BCUT2D eigenvalue weighted by molar-refractivity contribution is -0.145. The maximum absolute atomic E-state index is 11.4. The molecule has 0 unspecified atom stereocenters. The van der Waals surface area contributed by atoms with Crippen molar-refractivity contribution in [3.8, 4) is 0 Å². The normalized spacial score (nSPS) is 26.3. The molecule has 0 aliphatic carbocycles. The van der Waals surface area contributed by atoms with Gasteiger partial charge in [0.05, 0.1) is 18.7 Å². The first-order valence-corrected chi connectivity index (χ1v) is 6.62. The number of aliphatic hydroxyl groups excluding tert-OH is 3. The highest BCUT2D eigenvalue weighted by Crippen LogP contribution is 2.24. The lowest BCUT2D eigenvalue weighted by atomic mass is 9.92. The smallest absolute Gasteiger partial charge is 0.370 e. The molecule has 0 aromatic carbocycles. The number of nitrogens with one attached hydrogen (secondary N) is 1. The zero-order valence-corrected chi connectivity index (χ0v) is 12.3. The molecule has 1 rings (SSSR count). The van der Waals surface area contributed by atoms with Crippen LogP contribution in [0.5, 0.6) is 0 Å². The molecule has 0 spiro atoms. The molecule has 130 valence electrons. The second-order valence-corrected chi connectivity index (χ2v) is 4.93. The first-order valence-electron chi connectivity index (χ1n) is 6.62. The molecule has 11 nitrogen and oxygen atoms in total. The van der Waals surface area contributed by atoms with Gasteiger partial charge in [0.1, 0.15) is 18.3 Å². The van der Waals surface area contributed by atoms with Gasteiger partial charge in [0.15, 0.2) is 5.96 Å². The van der Waals surface area contributed by atoms with E-state index in [1.54, 1.807) is 0 Å². The van der Waals surface area contributed by atoms with Crippen LogP contribution in [-0.4, -0.2) is 75.3 Å². The summed E-state index contributed by atoms with van der Waals surface area (Å²) in [5.41, 5.74) is 10.6. The van der Waals surface area contributed by atoms with Crippen LogP contribution in [0.2, 0.25) is 0 Å². The second-order valence-electron chi connectivity index (χ2n) is 4.93. The number of nitrogens with two attached hydrogens (primary N) is 2. The summed E-state index contributed by atoms with van der Waals surface area (Å²) >= 11 is 0. The van der Waals surface area contributed by atoms with Gasteiger partial charge in [-0.2, -0.15) is 0 Å². The number of carboxylic acids is 1. The maximum Gasteiger partial charge on any atom is 0.370 e. The Balaban J connectivity index is 3.28. The number of ether oxygens (including phenoxy) is 1. The summed E-state index contributed by atoms with van der Waals surface area (Å²) in [6, 6.07) is -2.11. The Morgan fingerprint density at radius 3 is 2.48 bits per heavy atom. The van der Waals surface area contributed by atoms with E-state index in [9.17, 15) is 19.8 Å². The van der Waals surface area contributed by atoms with Gasteiger partial charge < -0.3 is 41.9 Å². The third kappa shape index (κ3) is 4.81. The molecule has 0 aromatic rings. The Morgan fingerprint density at radius 2 is 2.04 bits per heavy atom.